The molecule has 22 heavy (non-hydrogen) atoms. The molecule has 0 spiro atoms. The van der Waals surface area contributed by atoms with E-state index in [9.17, 15) is 8.78 Å². The van der Waals surface area contributed by atoms with Crippen LogP contribution >= 0.6 is 0 Å². The molecule has 2 aromatic heterocycles. The number of nitrogens with zero attached hydrogens (tertiary/aromatic N) is 3. The lowest BCUT2D eigenvalue weighted by Crippen LogP contribution is -2.16. The van der Waals surface area contributed by atoms with Crippen LogP contribution in [0.4, 0.5) is 8.78 Å². The number of hydrogen-bond donors (Lipinski definition) is 1. The Bertz CT molecular complexity index is 757. The Balaban J connectivity index is 1.70. The molecule has 0 bridgehead atoms. The quantitative estimate of drug-likeness (QED) is 0.788. The summed E-state index contributed by atoms with van der Waals surface area (Å²) in [6.45, 7) is 0.805. The zero-order valence-electron chi connectivity index (χ0n) is 11.7. The molecule has 2 heterocycles. The van der Waals surface area contributed by atoms with Gasteiger partial charge in [-0.15, -0.1) is 0 Å². The van der Waals surface area contributed by atoms with Gasteiger partial charge in [-0.05, 0) is 18.2 Å². The fourth-order valence-electron chi connectivity index (χ4n) is 2.17. The summed E-state index contributed by atoms with van der Waals surface area (Å²) in [6.07, 6.45) is 5.19. The van der Waals surface area contributed by atoms with Crippen molar-refractivity contribution in [1.29, 1.82) is 0 Å². The first-order valence-electron chi connectivity index (χ1n) is 6.82. The Kier molecular flexibility index (Phi) is 4.20. The van der Waals surface area contributed by atoms with Crippen LogP contribution in [0.25, 0.3) is 5.82 Å². The van der Waals surface area contributed by atoms with E-state index in [0.29, 0.717) is 18.7 Å². The molecule has 3 rings (SSSR count). The van der Waals surface area contributed by atoms with Crippen molar-refractivity contribution in [3.8, 4) is 5.82 Å². The summed E-state index contributed by atoms with van der Waals surface area (Å²) in [7, 11) is 0. The molecule has 0 aliphatic heterocycles. The Morgan fingerprint density at radius 2 is 1.86 bits per heavy atom. The smallest absolute Gasteiger partial charge is 0.157 e. The first-order valence-corrected chi connectivity index (χ1v) is 6.82. The molecule has 0 unspecified atom stereocenters. The molecule has 112 valence electrons. The number of hydrogen-bond acceptors (Lipinski definition) is 3. The van der Waals surface area contributed by atoms with Crippen LogP contribution in [-0.4, -0.2) is 14.8 Å². The molecule has 0 saturated heterocycles. The molecule has 0 radical (unpaired) electrons. The van der Waals surface area contributed by atoms with Crippen LogP contribution in [0.5, 0.6) is 0 Å². The summed E-state index contributed by atoms with van der Waals surface area (Å²) < 4.78 is 28.1. The van der Waals surface area contributed by atoms with E-state index in [-0.39, 0.29) is 0 Å². The van der Waals surface area contributed by atoms with Gasteiger partial charge in [-0.3, -0.25) is 0 Å². The Hall–Kier alpha value is -2.60. The Morgan fingerprint density at radius 1 is 1.00 bits per heavy atom. The van der Waals surface area contributed by atoms with Gasteiger partial charge in [0, 0.05) is 48.9 Å². The Morgan fingerprint density at radius 3 is 2.64 bits per heavy atom. The van der Waals surface area contributed by atoms with Gasteiger partial charge >= 0.3 is 0 Å². The van der Waals surface area contributed by atoms with Gasteiger partial charge in [-0.25, -0.2) is 18.4 Å². The highest BCUT2D eigenvalue weighted by Crippen LogP contribution is 2.12. The highest BCUT2D eigenvalue weighted by atomic mass is 19.1. The summed E-state index contributed by atoms with van der Waals surface area (Å²) in [5, 5.41) is 7.30. The van der Waals surface area contributed by atoms with Crippen LogP contribution in [-0.2, 0) is 13.1 Å². The van der Waals surface area contributed by atoms with Gasteiger partial charge in [-0.2, -0.15) is 5.10 Å². The van der Waals surface area contributed by atoms with Crippen molar-refractivity contribution in [1.82, 2.24) is 20.1 Å². The topological polar surface area (TPSA) is 42.7 Å². The second-order valence-electron chi connectivity index (χ2n) is 4.78. The summed E-state index contributed by atoms with van der Waals surface area (Å²) in [4.78, 5) is 4.31. The third-order valence-electron chi connectivity index (χ3n) is 3.23. The lowest BCUT2D eigenvalue weighted by atomic mass is 10.2. The lowest BCUT2D eigenvalue weighted by molar-refractivity contribution is 0.559. The largest absolute Gasteiger partial charge is 0.308 e. The molecule has 4 nitrogen and oxygen atoms in total. The van der Waals surface area contributed by atoms with Gasteiger partial charge in [0.05, 0.1) is 0 Å². The maximum absolute atomic E-state index is 13.6. The van der Waals surface area contributed by atoms with Crippen molar-refractivity contribution < 1.29 is 8.78 Å². The fourth-order valence-corrected chi connectivity index (χ4v) is 2.17. The molecule has 0 fully saturated rings. The minimum absolute atomic E-state index is 0.305. The average Bonchev–Trinajstić information content (AvgIpc) is 3.04. The minimum atomic E-state index is -0.575. The number of nitrogens with one attached hydrogen (secondary N) is 1. The van der Waals surface area contributed by atoms with E-state index in [1.54, 1.807) is 17.1 Å². The standard InChI is InChI=1S/C16H14F2N4/c17-14-5-4-12(15(18)9-14)10-19-11-13-3-1-6-20-16(13)22-8-2-7-21-22/h1-9,19H,10-11H2. The predicted molar refractivity (Wildman–Crippen MR) is 78.3 cm³/mol. The molecule has 3 aromatic rings. The van der Waals surface area contributed by atoms with E-state index in [0.717, 1.165) is 17.4 Å². The molecule has 0 saturated carbocycles. The van der Waals surface area contributed by atoms with E-state index >= 15 is 0 Å². The van der Waals surface area contributed by atoms with E-state index in [2.05, 4.69) is 15.4 Å². The number of rotatable bonds is 5. The van der Waals surface area contributed by atoms with Crippen LogP contribution in [0.2, 0.25) is 0 Å². The van der Waals surface area contributed by atoms with Crippen molar-refractivity contribution in [2.45, 2.75) is 13.1 Å². The van der Waals surface area contributed by atoms with Crippen molar-refractivity contribution in [3.05, 3.63) is 77.8 Å². The average molecular weight is 300 g/mol. The zero-order chi connectivity index (χ0) is 15.4. The number of aromatic nitrogens is 3. The minimum Gasteiger partial charge on any atom is -0.308 e. The van der Waals surface area contributed by atoms with Gasteiger partial charge in [0.2, 0.25) is 0 Å². The number of pyridine rings is 1. The second kappa shape index (κ2) is 6.44. The highest BCUT2D eigenvalue weighted by Gasteiger charge is 2.07. The Labute approximate surface area is 126 Å². The summed E-state index contributed by atoms with van der Waals surface area (Å²) >= 11 is 0. The fraction of sp³-hybridized carbons (Fsp3) is 0.125. The van der Waals surface area contributed by atoms with E-state index in [4.69, 9.17) is 0 Å². The van der Waals surface area contributed by atoms with Crippen LogP contribution in [0, 0.1) is 11.6 Å². The first-order chi connectivity index (χ1) is 10.7. The number of benzene rings is 1. The van der Waals surface area contributed by atoms with Crippen molar-refractivity contribution in [2.24, 2.45) is 0 Å². The van der Waals surface area contributed by atoms with Gasteiger partial charge in [0.25, 0.3) is 0 Å². The maximum atomic E-state index is 13.6. The molecule has 0 atom stereocenters. The normalized spacial score (nSPS) is 10.8. The predicted octanol–water partition coefficient (Wildman–Crippen LogP) is 2.84. The molecule has 0 amide bonds. The van der Waals surface area contributed by atoms with Gasteiger partial charge in [0.15, 0.2) is 5.82 Å². The van der Waals surface area contributed by atoms with Crippen LogP contribution < -0.4 is 5.32 Å². The molecule has 1 aromatic carbocycles. The summed E-state index contributed by atoms with van der Waals surface area (Å²) in [5.74, 6) is -0.403. The molecule has 6 heteroatoms. The van der Waals surface area contributed by atoms with Gasteiger partial charge < -0.3 is 5.32 Å². The zero-order valence-corrected chi connectivity index (χ0v) is 11.7. The van der Waals surface area contributed by atoms with Gasteiger partial charge in [0.1, 0.15) is 11.6 Å². The summed E-state index contributed by atoms with van der Waals surface area (Å²) in [5.41, 5.74) is 1.36. The third-order valence-corrected chi connectivity index (χ3v) is 3.23. The van der Waals surface area contributed by atoms with Gasteiger partial charge in [-0.1, -0.05) is 12.1 Å². The lowest BCUT2D eigenvalue weighted by Gasteiger charge is -2.10. The van der Waals surface area contributed by atoms with E-state index in [1.165, 1.54) is 12.1 Å². The molecule has 0 aliphatic rings. The first kappa shape index (κ1) is 14.3. The van der Waals surface area contributed by atoms with Crippen molar-refractivity contribution >= 4 is 0 Å². The van der Waals surface area contributed by atoms with Crippen LogP contribution in [0.15, 0.2) is 55.0 Å². The van der Waals surface area contributed by atoms with E-state index in [1.807, 2.05) is 24.4 Å². The third kappa shape index (κ3) is 3.17. The number of halogens is 2. The van der Waals surface area contributed by atoms with Crippen molar-refractivity contribution in [3.63, 3.8) is 0 Å². The monoisotopic (exact) mass is 300 g/mol. The van der Waals surface area contributed by atoms with Crippen LogP contribution in [0.3, 0.4) is 0 Å². The summed E-state index contributed by atoms with van der Waals surface area (Å²) in [6, 6.07) is 9.16. The molecule has 0 aliphatic carbocycles. The van der Waals surface area contributed by atoms with Crippen LogP contribution in [0.1, 0.15) is 11.1 Å². The SMILES string of the molecule is Fc1ccc(CNCc2cccnc2-n2cccn2)c(F)c1. The maximum Gasteiger partial charge on any atom is 0.157 e. The molecular weight excluding hydrogens is 286 g/mol. The second-order valence-corrected chi connectivity index (χ2v) is 4.78. The van der Waals surface area contributed by atoms with Crippen molar-refractivity contribution in [2.75, 3.05) is 0 Å². The van der Waals surface area contributed by atoms with E-state index < -0.39 is 11.6 Å². The highest BCUT2D eigenvalue weighted by molar-refractivity contribution is 5.32. The molecule has 1 N–H and O–H groups in total. The molecular formula is C16H14F2N4.